The van der Waals surface area contributed by atoms with Gasteiger partial charge in [0.1, 0.15) is 11.1 Å². The number of rotatable bonds is 4. The van der Waals surface area contributed by atoms with E-state index in [0.29, 0.717) is 17.4 Å². The van der Waals surface area contributed by atoms with Crippen LogP contribution in [0.4, 0.5) is 5.00 Å². The Morgan fingerprint density at radius 1 is 1.22 bits per heavy atom. The molecule has 0 saturated carbocycles. The van der Waals surface area contributed by atoms with E-state index in [9.17, 15) is 5.26 Å². The zero-order chi connectivity index (χ0) is 19.6. The first-order valence-corrected chi connectivity index (χ1v) is 9.99. The largest absolute Gasteiger partial charge is 0.493 e. The Labute approximate surface area is 165 Å². The molecular formula is C22H26N2O2S. The lowest BCUT2D eigenvalue weighted by Crippen LogP contribution is -2.26. The van der Waals surface area contributed by atoms with Gasteiger partial charge < -0.3 is 9.47 Å². The molecule has 1 aromatic heterocycles. The van der Waals surface area contributed by atoms with Crippen LogP contribution in [-0.2, 0) is 12.8 Å². The van der Waals surface area contributed by atoms with Crippen LogP contribution in [0.5, 0.6) is 11.5 Å². The van der Waals surface area contributed by atoms with Crippen molar-refractivity contribution < 1.29 is 9.47 Å². The zero-order valence-electron chi connectivity index (χ0n) is 16.6. The summed E-state index contributed by atoms with van der Waals surface area (Å²) in [6.45, 7) is 6.91. The van der Waals surface area contributed by atoms with Crippen molar-refractivity contribution in [1.82, 2.24) is 0 Å². The minimum Gasteiger partial charge on any atom is -0.493 e. The van der Waals surface area contributed by atoms with E-state index in [1.807, 2.05) is 18.2 Å². The molecule has 27 heavy (non-hydrogen) atoms. The topological polar surface area (TPSA) is 54.6 Å². The van der Waals surface area contributed by atoms with E-state index in [1.54, 1.807) is 31.8 Å². The summed E-state index contributed by atoms with van der Waals surface area (Å²) in [5, 5.41) is 10.5. The maximum absolute atomic E-state index is 9.68. The van der Waals surface area contributed by atoms with Gasteiger partial charge in [-0.2, -0.15) is 5.26 Å². The summed E-state index contributed by atoms with van der Waals surface area (Å²) in [7, 11) is 3.23. The summed E-state index contributed by atoms with van der Waals surface area (Å²) >= 11 is 1.67. The van der Waals surface area contributed by atoms with Gasteiger partial charge in [0.05, 0.1) is 19.8 Å². The Bertz CT molecular complexity index is 900. The molecule has 0 aliphatic heterocycles. The molecule has 3 rings (SSSR count). The van der Waals surface area contributed by atoms with Gasteiger partial charge in [-0.05, 0) is 59.9 Å². The van der Waals surface area contributed by atoms with Crippen molar-refractivity contribution in [2.24, 2.45) is 16.3 Å². The van der Waals surface area contributed by atoms with Crippen LogP contribution in [0.1, 0.15) is 48.8 Å². The quantitative estimate of drug-likeness (QED) is 0.653. The zero-order valence-corrected chi connectivity index (χ0v) is 17.4. The second-order valence-corrected chi connectivity index (χ2v) is 9.06. The number of hydrogen-bond donors (Lipinski definition) is 0. The van der Waals surface area contributed by atoms with Crippen LogP contribution >= 0.6 is 11.3 Å². The Balaban J connectivity index is 1.89. The molecule has 1 aliphatic rings. The van der Waals surface area contributed by atoms with Crippen LogP contribution < -0.4 is 9.47 Å². The van der Waals surface area contributed by atoms with Gasteiger partial charge in [0.2, 0.25) is 0 Å². The van der Waals surface area contributed by atoms with Gasteiger partial charge in [-0.1, -0.05) is 20.8 Å². The highest BCUT2D eigenvalue weighted by Gasteiger charge is 2.32. The summed E-state index contributed by atoms with van der Waals surface area (Å²) in [5.41, 5.74) is 3.16. The number of nitrogens with zero attached hydrogens (tertiary/aromatic N) is 2. The third-order valence-electron chi connectivity index (χ3n) is 5.32. The Morgan fingerprint density at radius 2 is 1.96 bits per heavy atom. The first-order valence-electron chi connectivity index (χ1n) is 9.18. The molecule has 4 nitrogen and oxygen atoms in total. The molecule has 1 atom stereocenters. The Kier molecular flexibility index (Phi) is 5.57. The standard InChI is InChI=1S/C22H26N2O2S/c1-22(2,3)15-7-8-16-17(12-23)21(27-20(16)11-15)24-13-14-6-9-18(25-4)19(10-14)26-5/h6,9-10,13,15H,7-8,11H2,1-5H3/t15-/m1/s1. The monoisotopic (exact) mass is 382 g/mol. The predicted octanol–water partition coefficient (Wildman–Crippen LogP) is 5.54. The third kappa shape index (κ3) is 4.01. The van der Waals surface area contributed by atoms with Gasteiger partial charge in [-0.25, -0.2) is 4.99 Å². The lowest BCUT2D eigenvalue weighted by molar-refractivity contribution is 0.218. The number of nitriles is 1. The van der Waals surface area contributed by atoms with Crippen LogP contribution in [0.2, 0.25) is 0 Å². The number of thiophene rings is 1. The van der Waals surface area contributed by atoms with Crippen LogP contribution in [0.15, 0.2) is 23.2 Å². The fourth-order valence-electron chi connectivity index (χ4n) is 3.58. The fourth-order valence-corrected chi connectivity index (χ4v) is 4.80. The van der Waals surface area contributed by atoms with Gasteiger partial charge in [0.25, 0.3) is 0 Å². The van der Waals surface area contributed by atoms with E-state index >= 15 is 0 Å². The molecule has 0 N–H and O–H groups in total. The summed E-state index contributed by atoms with van der Waals surface area (Å²) in [6.07, 6.45) is 4.95. The number of methoxy groups -OCH3 is 2. The van der Waals surface area contributed by atoms with Crippen LogP contribution in [-0.4, -0.2) is 20.4 Å². The van der Waals surface area contributed by atoms with Crippen molar-refractivity contribution >= 4 is 22.6 Å². The SMILES string of the molecule is COc1ccc(C=Nc2sc3c(c2C#N)CC[C@@H](C(C)(C)C)C3)cc1OC. The highest BCUT2D eigenvalue weighted by molar-refractivity contribution is 7.16. The van der Waals surface area contributed by atoms with E-state index in [4.69, 9.17) is 9.47 Å². The molecule has 0 bridgehead atoms. The van der Waals surface area contributed by atoms with Gasteiger partial charge in [0, 0.05) is 11.1 Å². The molecule has 0 saturated heterocycles. The summed E-state index contributed by atoms with van der Waals surface area (Å²) in [4.78, 5) is 5.98. The molecule has 1 aliphatic carbocycles. The molecule has 5 heteroatoms. The van der Waals surface area contributed by atoms with Crippen molar-refractivity contribution in [3.8, 4) is 17.6 Å². The molecule has 0 radical (unpaired) electrons. The van der Waals surface area contributed by atoms with Crippen molar-refractivity contribution in [2.75, 3.05) is 14.2 Å². The summed E-state index contributed by atoms with van der Waals surface area (Å²) in [5.74, 6) is 2.01. The van der Waals surface area contributed by atoms with Crippen molar-refractivity contribution in [3.63, 3.8) is 0 Å². The van der Waals surface area contributed by atoms with Gasteiger partial charge in [-0.15, -0.1) is 11.3 Å². The van der Waals surface area contributed by atoms with Crippen molar-refractivity contribution in [2.45, 2.75) is 40.0 Å². The molecule has 142 valence electrons. The van der Waals surface area contributed by atoms with Gasteiger partial charge in [-0.3, -0.25) is 0 Å². The molecule has 0 fully saturated rings. The summed E-state index contributed by atoms with van der Waals surface area (Å²) in [6, 6.07) is 8.06. The van der Waals surface area contributed by atoms with Gasteiger partial charge in [0.15, 0.2) is 11.5 Å². The molecule has 0 unspecified atom stereocenters. The molecular weight excluding hydrogens is 356 g/mol. The molecule has 2 aromatic rings. The normalized spacial score (nSPS) is 16.8. The van der Waals surface area contributed by atoms with E-state index in [0.717, 1.165) is 35.4 Å². The first kappa shape index (κ1) is 19.4. The maximum Gasteiger partial charge on any atom is 0.161 e. The van der Waals surface area contributed by atoms with E-state index < -0.39 is 0 Å². The minimum atomic E-state index is 0.289. The highest BCUT2D eigenvalue weighted by Crippen LogP contribution is 2.44. The minimum absolute atomic E-state index is 0.289. The summed E-state index contributed by atoms with van der Waals surface area (Å²) < 4.78 is 10.6. The molecule has 1 aromatic carbocycles. The van der Waals surface area contributed by atoms with Crippen LogP contribution in [0.3, 0.4) is 0 Å². The van der Waals surface area contributed by atoms with E-state index in [2.05, 4.69) is 31.8 Å². The first-order chi connectivity index (χ1) is 12.9. The molecule has 0 spiro atoms. The molecule has 0 amide bonds. The number of aliphatic imine (C=N–C) groups is 1. The van der Waals surface area contributed by atoms with Crippen LogP contribution in [0.25, 0.3) is 0 Å². The lowest BCUT2D eigenvalue weighted by Gasteiger charge is -2.33. The lowest BCUT2D eigenvalue weighted by atomic mass is 9.72. The van der Waals surface area contributed by atoms with E-state index in [1.165, 1.54) is 10.4 Å². The Hall–Kier alpha value is -2.32. The molecule has 1 heterocycles. The second-order valence-electron chi connectivity index (χ2n) is 7.97. The number of hydrogen-bond acceptors (Lipinski definition) is 5. The second kappa shape index (κ2) is 7.74. The van der Waals surface area contributed by atoms with Crippen molar-refractivity contribution in [1.29, 1.82) is 5.26 Å². The third-order valence-corrected chi connectivity index (χ3v) is 6.48. The van der Waals surface area contributed by atoms with Crippen molar-refractivity contribution in [3.05, 3.63) is 39.8 Å². The fraction of sp³-hybridized carbons (Fsp3) is 0.455. The average molecular weight is 383 g/mol. The smallest absolute Gasteiger partial charge is 0.161 e. The van der Waals surface area contributed by atoms with Gasteiger partial charge >= 0.3 is 0 Å². The number of ether oxygens (including phenoxy) is 2. The number of benzene rings is 1. The Morgan fingerprint density at radius 3 is 2.59 bits per heavy atom. The maximum atomic E-state index is 9.68. The van der Waals surface area contributed by atoms with E-state index in [-0.39, 0.29) is 5.41 Å². The highest BCUT2D eigenvalue weighted by atomic mass is 32.1. The predicted molar refractivity (Wildman–Crippen MR) is 111 cm³/mol. The number of fused-ring (bicyclic) bond motifs is 1. The van der Waals surface area contributed by atoms with Crippen LogP contribution in [0, 0.1) is 22.7 Å². The average Bonchev–Trinajstić information content (AvgIpc) is 3.01.